The predicted octanol–water partition coefficient (Wildman–Crippen LogP) is 3.28. The van der Waals surface area contributed by atoms with Gasteiger partial charge in [0.25, 0.3) is 5.91 Å². The lowest BCUT2D eigenvalue weighted by Gasteiger charge is -2.32. The predicted molar refractivity (Wildman–Crippen MR) is 115 cm³/mol. The summed E-state index contributed by atoms with van der Waals surface area (Å²) in [7, 11) is 0. The monoisotopic (exact) mass is 438 g/mol. The van der Waals surface area contributed by atoms with Crippen LogP contribution >= 0.6 is 0 Å². The Balaban J connectivity index is 1.29. The Morgan fingerprint density at radius 1 is 1.06 bits per heavy atom. The number of hydrogen-bond donors (Lipinski definition) is 0. The number of aryl methyl sites for hydroxylation is 3. The van der Waals surface area contributed by atoms with Crippen LogP contribution < -0.4 is 0 Å². The molecule has 3 aromatic heterocycles. The van der Waals surface area contributed by atoms with E-state index in [1.807, 2.05) is 32.0 Å². The molecular formula is C23H30N6O3. The Hall–Kier alpha value is -2.97. The third-order valence-corrected chi connectivity index (χ3v) is 6.85. The minimum absolute atomic E-state index is 0.0623. The summed E-state index contributed by atoms with van der Waals surface area (Å²) >= 11 is 0. The van der Waals surface area contributed by atoms with Crippen molar-refractivity contribution in [3.63, 3.8) is 0 Å². The second-order valence-corrected chi connectivity index (χ2v) is 9.35. The summed E-state index contributed by atoms with van der Waals surface area (Å²) < 4.78 is 12.9. The number of rotatable bonds is 7. The van der Waals surface area contributed by atoms with Crippen LogP contribution in [0.15, 0.2) is 15.4 Å². The summed E-state index contributed by atoms with van der Waals surface area (Å²) in [5.41, 5.74) is 3.03. The first-order chi connectivity index (χ1) is 15.5. The van der Waals surface area contributed by atoms with Crippen LogP contribution in [0.1, 0.15) is 70.3 Å². The van der Waals surface area contributed by atoms with Gasteiger partial charge in [-0.05, 0) is 58.3 Å². The first-order valence-electron chi connectivity index (χ1n) is 11.5. The highest BCUT2D eigenvalue weighted by molar-refractivity contribution is 5.94. The Morgan fingerprint density at radius 2 is 1.84 bits per heavy atom. The molecule has 0 bridgehead atoms. The number of carbonyl (C=O) groups is 1. The van der Waals surface area contributed by atoms with Crippen molar-refractivity contribution in [1.82, 2.24) is 30.0 Å². The fourth-order valence-electron chi connectivity index (χ4n) is 4.69. The molecule has 9 heteroatoms. The van der Waals surface area contributed by atoms with Crippen LogP contribution in [0.25, 0.3) is 0 Å². The summed E-state index contributed by atoms with van der Waals surface area (Å²) in [5.74, 6) is 3.54. The number of carbonyl (C=O) groups excluding carboxylic acids is 1. The average Bonchev–Trinajstić information content (AvgIpc) is 3.26. The highest BCUT2D eigenvalue weighted by atomic mass is 16.5. The lowest BCUT2D eigenvalue weighted by atomic mass is 9.93. The van der Waals surface area contributed by atoms with Crippen LogP contribution in [0.5, 0.6) is 0 Å². The smallest absolute Gasteiger partial charge is 0.276 e. The molecule has 32 heavy (non-hydrogen) atoms. The molecule has 0 spiro atoms. The summed E-state index contributed by atoms with van der Waals surface area (Å²) in [6.45, 7) is 8.10. The average molecular weight is 439 g/mol. The fourth-order valence-corrected chi connectivity index (χ4v) is 4.69. The zero-order valence-electron chi connectivity index (χ0n) is 19.0. The highest BCUT2D eigenvalue weighted by Gasteiger charge is 2.31. The largest absolute Gasteiger partial charge is 0.361 e. The minimum Gasteiger partial charge on any atom is -0.361 e. The molecule has 1 amide bonds. The van der Waals surface area contributed by atoms with Crippen molar-refractivity contribution < 1.29 is 13.8 Å². The van der Waals surface area contributed by atoms with Crippen molar-refractivity contribution >= 4 is 5.91 Å². The zero-order valence-corrected chi connectivity index (χ0v) is 19.0. The molecule has 9 nitrogen and oxygen atoms in total. The van der Waals surface area contributed by atoms with E-state index in [4.69, 9.17) is 9.05 Å². The molecule has 170 valence electrons. The molecule has 1 atom stereocenters. The van der Waals surface area contributed by atoms with E-state index in [-0.39, 0.29) is 5.91 Å². The lowest BCUT2D eigenvalue weighted by molar-refractivity contribution is 0.0660. The number of likely N-dealkylation sites (tertiary alicyclic amines) is 1. The summed E-state index contributed by atoms with van der Waals surface area (Å²) in [6.07, 6.45) is 7.89. The lowest BCUT2D eigenvalue weighted by Crippen LogP contribution is -2.41. The Morgan fingerprint density at radius 3 is 2.59 bits per heavy atom. The van der Waals surface area contributed by atoms with Crippen molar-refractivity contribution in [3.8, 4) is 0 Å². The van der Waals surface area contributed by atoms with E-state index in [2.05, 4.69) is 25.1 Å². The SMILES string of the molecule is Cc1noc(C)c1Cc1c(C(=O)N2CCCC(Cc3nncn3CC3CC3)C2)noc1C. The zero-order chi connectivity index (χ0) is 22.2. The number of aromatic nitrogens is 5. The first-order valence-corrected chi connectivity index (χ1v) is 11.5. The van der Waals surface area contributed by atoms with Crippen LogP contribution in [0.4, 0.5) is 0 Å². The van der Waals surface area contributed by atoms with Gasteiger partial charge < -0.3 is 18.5 Å². The second kappa shape index (κ2) is 8.52. The van der Waals surface area contributed by atoms with Gasteiger partial charge in [0, 0.05) is 43.6 Å². The maximum atomic E-state index is 13.4. The molecule has 0 aromatic carbocycles. The molecule has 0 N–H and O–H groups in total. The molecule has 1 unspecified atom stereocenters. The summed E-state index contributed by atoms with van der Waals surface area (Å²) in [6, 6.07) is 0. The highest BCUT2D eigenvalue weighted by Crippen LogP contribution is 2.31. The van der Waals surface area contributed by atoms with E-state index in [0.29, 0.717) is 30.3 Å². The van der Waals surface area contributed by atoms with Crippen LogP contribution in [0, 0.1) is 32.6 Å². The van der Waals surface area contributed by atoms with Crippen LogP contribution in [-0.2, 0) is 19.4 Å². The maximum Gasteiger partial charge on any atom is 0.276 e. The number of amides is 1. The van der Waals surface area contributed by atoms with E-state index in [9.17, 15) is 4.79 Å². The van der Waals surface area contributed by atoms with Gasteiger partial charge in [0.1, 0.15) is 23.7 Å². The van der Waals surface area contributed by atoms with E-state index < -0.39 is 0 Å². The van der Waals surface area contributed by atoms with Gasteiger partial charge in [-0.3, -0.25) is 4.79 Å². The molecule has 1 aliphatic heterocycles. The summed E-state index contributed by atoms with van der Waals surface area (Å²) in [4.78, 5) is 15.4. The normalized spacial score (nSPS) is 19.0. The van der Waals surface area contributed by atoms with Crippen LogP contribution in [0.2, 0.25) is 0 Å². The molecule has 1 aliphatic carbocycles. The molecule has 4 heterocycles. The Kier molecular flexibility index (Phi) is 5.57. The topological polar surface area (TPSA) is 103 Å². The van der Waals surface area contributed by atoms with Crippen LogP contribution in [0.3, 0.4) is 0 Å². The van der Waals surface area contributed by atoms with Gasteiger partial charge in [-0.1, -0.05) is 10.3 Å². The third-order valence-electron chi connectivity index (χ3n) is 6.85. The van der Waals surface area contributed by atoms with E-state index in [1.54, 1.807) is 0 Å². The Bertz CT molecular complexity index is 1090. The molecule has 5 rings (SSSR count). The molecule has 2 fully saturated rings. The van der Waals surface area contributed by atoms with Gasteiger partial charge in [-0.15, -0.1) is 10.2 Å². The summed E-state index contributed by atoms with van der Waals surface area (Å²) in [5, 5.41) is 16.7. The second-order valence-electron chi connectivity index (χ2n) is 9.35. The van der Waals surface area contributed by atoms with Crippen molar-refractivity contribution in [2.24, 2.45) is 11.8 Å². The molecule has 1 saturated heterocycles. The first kappa shape index (κ1) is 20.9. The minimum atomic E-state index is -0.0623. The van der Waals surface area contributed by atoms with Crippen molar-refractivity contribution in [2.75, 3.05) is 13.1 Å². The van der Waals surface area contributed by atoms with E-state index in [1.165, 1.54) is 12.8 Å². The Labute approximate surface area is 187 Å². The quantitative estimate of drug-likeness (QED) is 0.558. The van der Waals surface area contributed by atoms with Gasteiger partial charge in [0.15, 0.2) is 5.69 Å². The molecule has 0 radical (unpaired) electrons. The molecule has 3 aromatic rings. The van der Waals surface area contributed by atoms with Gasteiger partial charge in [-0.2, -0.15) is 0 Å². The van der Waals surface area contributed by atoms with Gasteiger partial charge in [-0.25, -0.2) is 0 Å². The fraction of sp³-hybridized carbons (Fsp3) is 0.609. The standard InChI is InChI=1S/C23H30N6O3/c1-14-19(15(2)31-26-14)10-20-16(3)32-27-22(20)23(30)28-8-4-5-18(12-28)9-21-25-24-13-29(21)11-17-6-7-17/h13,17-18H,4-12H2,1-3H3. The van der Waals surface area contributed by atoms with Crippen molar-refractivity contribution in [1.29, 1.82) is 0 Å². The molecular weight excluding hydrogens is 408 g/mol. The van der Waals surface area contributed by atoms with Crippen molar-refractivity contribution in [2.45, 2.75) is 65.8 Å². The number of nitrogens with zero attached hydrogens (tertiary/aromatic N) is 6. The van der Waals surface area contributed by atoms with Gasteiger partial charge in [0.05, 0.1) is 5.69 Å². The number of piperidine rings is 1. The van der Waals surface area contributed by atoms with E-state index in [0.717, 1.165) is 66.7 Å². The molecule has 1 saturated carbocycles. The van der Waals surface area contributed by atoms with Crippen molar-refractivity contribution in [3.05, 3.63) is 46.2 Å². The molecule has 2 aliphatic rings. The third kappa shape index (κ3) is 4.20. The van der Waals surface area contributed by atoms with Gasteiger partial charge >= 0.3 is 0 Å². The van der Waals surface area contributed by atoms with Crippen LogP contribution in [-0.4, -0.2) is 49.0 Å². The van der Waals surface area contributed by atoms with E-state index >= 15 is 0 Å². The number of hydrogen-bond acceptors (Lipinski definition) is 7. The van der Waals surface area contributed by atoms with Gasteiger partial charge in [0.2, 0.25) is 0 Å². The maximum absolute atomic E-state index is 13.4.